The van der Waals surface area contributed by atoms with Crippen molar-refractivity contribution >= 4 is 0 Å². The zero-order valence-corrected chi connectivity index (χ0v) is 18.3. The maximum absolute atomic E-state index is 14.7. The van der Waals surface area contributed by atoms with E-state index in [4.69, 9.17) is 4.74 Å². The summed E-state index contributed by atoms with van der Waals surface area (Å²) in [6.07, 6.45) is 13.7. The number of rotatable bonds is 7. The zero-order chi connectivity index (χ0) is 20.4. The Morgan fingerprint density at radius 3 is 2.24 bits per heavy atom. The predicted molar refractivity (Wildman–Crippen MR) is 114 cm³/mol. The second kappa shape index (κ2) is 9.35. The van der Waals surface area contributed by atoms with Gasteiger partial charge in [0.1, 0.15) is 0 Å². The van der Waals surface area contributed by atoms with E-state index in [1.807, 2.05) is 6.92 Å². The van der Waals surface area contributed by atoms with Crippen molar-refractivity contribution in [2.45, 2.75) is 90.4 Å². The molecule has 0 bridgehead atoms. The van der Waals surface area contributed by atoms with Gasteiger partial charge in [0.2, 0.25) is 5.82 Å². The number of halogens is 2. The molecule has 3 saturated carbocycles. The van der Waals surface area contributed by atoms with E-state index in [1.54, 1.807) is 12.1 Å². The van der Waals surface area contributed by atoms with Gasteiger partial charge >= 0.3 is 0 Å². The van der Waals surface area contributed by atoms with Gasteiger partial charge in [-0.25, -0.2) is 4.39 Å². The Morgan fingerprint density at radius 2 is 1.52 bits per heavy atom. The van der Waals surface area contributed by atoms with Crippen LogP contribution in [0.3, 0.4) is 0 Å². The third-order valence-corrected chi connectivity index (χ3v) is 8.42. The number of benzene rings is 1. The van der Waals surface area contributed by atoms with E-state index in [0.717, 1.165) is 48.9 Å². The van der Waals surface area contributed by atoms with Crippen molar-refractivity contribution in [3.8, 4) is 5.75 Å². The van der Waals surface area contributed by atoms with E-state index in [1.165, 1.54) is 51.4 Å². The number of hydrogen-bond donors (Lipinski definition) is 0. The quantitative estimate of drug-likeness (QED) is 0.449. The molecular formula is C26H38F2O. The molecular weight excluding hydrogens is 366 g/mol. The van der Waals surface area contributed by atoms with Gasteiger partial charge in [0.25, 0.3) is 0 Å². The standard InChI is InChI=1S/C26H38F2O/c1-3-5-17-10-11-23-20(17)12-13-21(23)18-6-8-19(9-7-18)22-14-15-24(29-16-4-2)26(28)25(22)27/h14-15,17-21,23H,3-13,16H2,1-2H3. The summed E-state index contributed by atoms with van der Waals surface area (Å²) < 4.78 is 34.5. The smallest absolute Gasteiger partial charge is 0.200 e. The second-order valence-electron chi connectivity index (χ2n) is 9.94. The lowest BCUT2D eigenvalue weighted by molar-refractivity contribution is 0.177. The van der Waals surface area contributed by atoms with Gasteiger partial charge in [0.15, 0.2) is 11.6 Å². The number of ether oxygens (including phenoxy) is 1. The molecule has 0 aliphatic heterocycles. The van der Waals surface area contributed by atoms with Gasteiger partial charge in [-0.1, -0.05) is 32.8 Å². The average molecular weight is 405 g/mol. The van der Waals surface area contributed by atoms with Gasteiger partial charge in [-0.3, -0.25) is 0 Å². The van der Waals surface area contributed by atoms with E-state index in [9.17, 15) is 8.78 Å². The van der Waals surface area contributed by atoms with E-state index in [2.05, 4.69) is 6.92 Å². The predicted octanol–water partition coefficient (Wildman–Crippen LogP) is 7.88. The second-order valence-corrected chi connectivity index (χ2v) is 9.94. The monoisotopic (exact) mass is 404 g/mol. The Kier molecular flexibility index (Phi) is 6.81. The van der Waals surface area contributed by atoms with Gasteiger partial charge in [0.05, 0.1) is 6.61 Å². The molecule has 29 heavy (non-hydrogen) atoms. The first kappa shape index (κ1) is 21.1. The summed E-state index contributed by atoms with van der Waals surface area (Å²) in [5.41, 5.74) is 0.568. The van der Waals surface area contributed by atoms with Crippen LogP contribution in [0.15, 0.2) is 12.1 Å². The molecule has 1 nitrogen and oxygen atoms in total. The molecule has 0 radical (unpaired) electrons. The third-order valence-electron chi connectivity index (χ3n) is 8.42. The van der Waals surface area contributed by atoms with Crippen LogP contribution in [0, 0.1) is 41.2 Å². The van der Waals surface area contributed by atoms with Crippen LogP contribution in [-0.2, 0) is 0 Å². The topological polar surface area (TPSA) is 9.23 Å². The Hall–Kier alpha value is -1.12. The minimum atomic E-state index is -0.801. The van der Waals surface area contributed by atoms with Crippen LogP contribution in [0.25, 0.3) is 0 Å². The highest BCUT2D eigenvalue weighted by Crippen LogP contribution is 2.56. The largest absolute Gasteiger partial charge is 0.490 e. The Morgan fingerprint density at radius 1 is 0.793 bits per heavy atom. The molecule has 0 heterocycles. The van der Waals surface area contributed by atoms with Gasteiger partial charge in [-0.2, -0.15) is 4.39 Å². The average Bonchev–Trinajstić information content (AvgIpc) is 3.33. The molecule has 4 atom stereocenters. The zero-order valence-electron chi connectivity index (χ0n) is 18.3. The molecule has 3 heteroatoms. The third kappa shape index (κ3) is 4.21. The minimum absolute atomic E-state index is 0.0571. The van der Waals surface area contributed by atoms with Crippen LogP contribution < -0.4 is 4.74 Å². The number of fused-ring (bicyclic) bond motifs is 1. The normalized spacial score (nSPS) is 34.3. The molecule has 0 saturated heterocycles. The Labute approximate surface area is 175 Å². The first-order valence-electron chi connectivity index (χ1n) is 12.2. The van der Waals surface area contributed by atoms with Crippen LogP contribution in [0.4, 0.5) is 8.78 Å². The molecule has 0 N–H and O–H groups in total. The van der Waals surface area contributed by atoms with Crippen molar-refractivity contribution in [3.63, 3.8) is 0 Å². The van der Waals surface area contributed by atoms with Gasteiger partial charge in [-0.05, 0) is 105 Å². The first-order chi connectivity index (χ1) is 14.1. The number of hydrogen-bond acceptors (Lipinski definition) is 1. The maximum atomic E-state index is 14.7. The molecule has 162 valence electrons. The summed E-state index contributed by atoms with van der Waals surface area (Å²) in [6.45, 7) is 4.71. The maximum Gasteiger partial charge on any atom is 0.200 e. The Bertz CT molecular complexity index is 680. The van der Waals surface area contributed by atoms with Crippen LogP contribution >= 0.6 is 0 Å². The lowest BCUT2D eigenvalue weighted by atomic mass is 9.70. The lowest BCUT2D eigenvalue weighted by Gasteiger charge is -2.35. The van der Waals surface area contributed by atoms with Crippen molar-refractivity contribution in [2.24, 2.45) is 29.6 Å². The van der Waals surface area contributed by atoms with Crippen molar-refractivity contribution in [2.75, 3.05) is 6.61 Å². The summed E-state index contributed by atoms with van der Waals surface area (Å²) in [5.74, 6) is 3.37. The summed E-state index contributed by atoms with van der Waals surface area (Å²) in [7, 11) is 0. The molecule has 4 unspecified atom stereocenters. The summed E-state index contributed by atoms with van der Waals surface area (Å²) >= 11 is 0. The fourth-order valence-electron chi connectivity index (χ4n) is 7.12. The molecule has 3 fully saturated rings. The molecule has 1 aromatic rings. The van der Waals surface area contributed by atoms with Crippen LogP contribution in [0.5, 0.6) is 5.75 Å². The molecule has 0 spiro atoms. The first-order valence-corrected chi connectivity index (χ1v) is 12.2. The molecule has 3 aliphatic carbocycles. The lowest BCUT2D eigenvalue weighted by Crippen LogP contribution is -2.25. The van der Waals surface area contributed by atoms with E-state index in [0.29, 0.717) is 12.2 Å². The molecule has 0 aromatic heterocycles. The van der Waals surface area contributed by atoms with Crippen molar-refractivity contribution in [1.82, 2.24) is 0 Å². The highest BCUT2D eigenvalue weighted by Gasteiger charge is 2.47. The van der Waals surface area contributed by atoms with Crippen molar-refractivity contribution < 1.29 is 13.5 Å². The van der Waals surface area contributed by atoms with Crippen molar-refractivity contribution in [3.05, 3.63) is 29.3 Å². The SMILES string of the molecule is CCCOc1ccc(C2CCC(C3CCC4C(CCC)CCC34)CC2)c(F)c1F. The highest BCUT2D eigenvalue weighted by atomic mass is 19.2. The minimum Gasteiger partial charge on any atom is -0.490 e. The van der Waals surface area contributed by atoms with E-state index >= 15 is 0 Å². The fourth-order valence-corrected chi connectivity index (χ4v) is 7.12. The molecule has 0 amide bonds. The van der Waals surface area contributed by atoms with Crippen LogP contribution in [0.1, 0.15) is 96.0 Å². The van der Waals surface area contributed by atoms with Crippen molar-refractivity contribution in [1.29, 1.82) is 0 Å². The van der Waals surface area contributed by atoms with E-state index in [-0.39, 0.29) is 11.7 Å². The Balaban J connectivity index is 1.36. The van der Waals surface area contributed by atoms with Gasteiger partial charge in [-0.15, -0.1) is 0 Å². The van der Waals surface area contributed by atoms with Gasteiger partial charge < -0.3 is 4.74 Å². The highest BCUT2D eigenvalue weighted by molar-refractivity contribution is 5.33. The van der Waals surface area contributed by atoms with Crippen LogP contribution in [0.2, 0.25) is 0 Å². The molecule has 3 aliphatic rings. The molecule has 1 aromatic carbocycles. The fraction of sp³-hybridized carbons (Fsp3) is 0.769. The van der Waals surface area contributed by atoms with E-state index < -0.39 is 11.6 Å². The summed E-state index contributed by atoms with van der Waals surface area (Å²) in [4.78, 5) is 0. The van der Waals surface area contributed by atoms with Gasteiger partial charge in [0, 0.05) is 0 Å². The summed E-state index contributed by atoms with van der Waals surface area (Å²) in [6, 6.07) is 3.40. The van der Waals surface area contributed by atoms with Crippen LogP contribution in [-0.4, -0.2) is 6.61 Å². The molecule has 4 rings (SSSR count). The summed E-state index contributed by atoms with van der Waals surface area (Å²) in [5, 5.41) is 0.